The Kier molecular flexibility index (Phi) is 5.08. The van der Waals surface area contributed by atoms with E-state index in [9.17, 15) is 9.00 Å². The molecule has 0 unspecified atom stereocenters. The van der Waals surface area contributed by atoms with Gasteiger partial charge in [-0.15, -0.1) is 11.3 Å². The Hall–Kier alpha value is -1.73. The van der Waals surface area contributed by atoms with Crippen molar-refractivity contribution in [2.24, 2.45) is 0 Å². The predicted molar refractivity (Wildman–Crippen MR) is 86.2 cm³/mol. The second-order valence-electron chi connectivity index (χ2n) is 4.59. The molecular formula is C14H17N3O2S2. The quantitative estimate of drug-likeness (QED) is 0.908. The highest BCUT2D eigenvalue weighted by atomic mass is 32.2. The molecule has 1 aromatic heterocycles. The van der Waals surface area contributed by atoms with E-state index in [1.807, 2.05) is 19.2 Å². The predicted octanol–water partition coefficient (Wildman–Crippen LogP) is 3.07. The summed E-state index contributed by atoms with van der Waals surface area (Å²) in [6.07, 6.45) is 1.60. The first-order valence-electron chi connectivity index (χ1n) is 6.38. The highest BCUT2D eigenvalue weighted by Crippen LogP contribution is 2.16. The molecule has 0 fully saturated rings. The minimum absolute atomic E-state index is 0.168. The lowest BCUT2D eigenvalue weighted by molar-refractivity contribution is 0.249. The maximum absolute atomic E-state index is 12.0. The molecule has 5 nitrogen and oxygen atoms in total. The number of anilines is 1. The number of amides is 2. The first-order valence-corrected chi connectivity index (χ1v) is 8.82. The number of thiazole rings is 1. The number of aryl methyl sites for hydroxylation is 1. The third kappa shape index (κ3) is 4.37. The zero-order valence-electron chi connectivity index (χ0n) is 12.0. The second kappa shape index (κ2) is 6.82. The van der Waals surface area contributed by atoms with Crippen molar-refractivity contribution in [2.75, 3.05) is 11.6 Å². The number of hydrogen-bond donors (Lipinski definition) is 2. The summed E-state index contributed by atoms with van der Waals surface area (Å²) in [6, 6.07) is 6.51. The average molecular weight is 323 g/mol. The van der Waals surface area contributed by atoms with Gasteiger partial charge in [0.2, 0.25) is 0 Å². The molecule has 0 radical (unpaired) electrons. The van der Waals surface area contributed by atoms with Gasteiger partial charge in [-0.2, -0.15) is 0 Å². The molecule has 2 amide bonds. The number of urea groups is 1. The van der Waals surface area contributed by atoms with Crippen LogP contribution in [0.15, 0.2) is 34.5 Å². The van der Waals surface area contributed by atoms with Crippen molar-refractivity contribution >= 4 is 33.9 Å². The van der Waals surface area contributed by atoms with Crippen LogP contribution < -0.4 is 10.6 Å². The molecule has 21 heavy (non-hydrogen) atoms. The third-order valence-corrected chi connectivity index (χ3v) is 4.56. The van der Waals surface area contributed by atoms with Crippen LogP contribution in [0.4, 0.5) is 10.5 Å². The monoisotopic (exact) mass is 323 g/mol. The molecule has 7 heteroatoms. The van der Waals surface area contributed by atoms with E-state index in [2.05, 4.69) is 15.6 Å². The lowest BCUT2D eigenvalue weighted by Crippen LogP contribution is -2.31. The summed E-state index contributed by atoms with van der Waals surface area (Å²) in [6.45, 7) is 3.81. The highest BCUT2D eigenvalue weighted by Gasteiger charge is 2.12. The number of hydrogen-bond acceptors (Lipinski definition) is 4. The maximum Gasteiger partial charge on any atom is 0.319 e. The fourth-order valence-electron chi connectivity index (χ4n) is 1.77. The smallest absolute Gasteiger partial charge is 0.319 e. The van der Waals surface area contributed by atoms with E-state index in [1.54, 1.807) is 41.9 Å². The molecule has 112 valence electrons. The molecule has 2 aromatic rings. The van der Waals surface area contributed by atoms with E-state index >= 15 is 0 Å². The van der Waals surface area contributed by atoms with Gasteiger partial charge in [-0.25, -0.2) is 9.78 Å². The van der Waals surface area contributed by atoms with E-state index in [1.165, 1.54) is 0 Å². The maximum atomic E-state index is 12.0. The summed E-state index contributed by atoms with van der Waals surface area (Å²) >= 11 is 1.55. The van der Waals surface area contributed by atoms with Crippen LogP contribution in [-0.2, 0) is 10.8 Å². The highest BCUT2D eigenvalue weighted by molar-refractivity contribution is 7.84. The molecule has 0 saturated heterocycles. The van der Waals surface area contributed by atoms with Gasteiger partial charge in [0.15, 0.2) is 0 Å². The van der Waals surface area contributed by atoms with Crippen LogP contribution >= 0.6 is 11.3 Å². The third-order valence-electron chi connectivity index (χ3n) is 2.85. The fraction of sp³-hybridized carbons (Fsp3) is 0.286. The molecule has 0 aliphatic carbocycles. The Morgan fingerprint density at radius 2 is 2.19 bits per heavy atom. The van der Waals surface area contributed by atoms with Crippen molar-refractivity contribution < 1.29 is 9.00 Å². The summed E-state index contributed by atoms with van der Waals surface area (Å²) in [7, 11) is -1.07. The van der Waals surface area contributed by atoms with Gasteiger partial charge in [-0.1, -0.05) is 6.07 Å². The molecule has 2 rings (SSSR count). The molecule has 2 atom stereocenters. The van der Waals surface area contributed by atoms with E-state index in [4.69, 9.17) is 0 Å². The number of benzene rings is 1. The number of carbonyl (C=O) groups is 1. The van der Waals surface area contributed by atoms with Gasteiger partial charge in [-0.05, 0) is 32.0 Å². The van der Waals surface area contributed by atoms with Gasteiger partial charge >= 0.3 is 6.03 Å². The average Bonchev–Trinajstić information content (AvgIpc) is 2.85. The van der Waals surface area contributed by atoms with Crippen molar-refractivity contribution in [2.45, 2.75) is 24.8 Å². The van der Waals surface area contributed by atoms with Gasteiger partial charge in [-0.3, -0.25) is 4.21 Å². The first kappa shape index (κ1) is 15.7. The van der Waals surface area contributed by atoms with Crippen LogP contribution in [-0.4, -0.2) is 21.5 Å². The van der Waals surface area contributed by atoms with Crippen molar-refractivity contribution in [1.82, 2.24) is 10.3 Å². The number of nitrogens with one attached hydrogen (secondary N) is 2. The van der Waals surface area contributed by atoms with E-state index in [0.29, 0.717) is 10.6 Å². The number of aromatic nitrogens is 1. The van der Waals surface area contributed by atoms with Crippen LogP contribution in [0.3, 0.4) is 0 Å². The first-order chi connectivity index (χ1) is 9.95. The normalized spacial score (nSPS) is 13.5. The van der Waals surface area contributed by atoms with Crippen LogP contribution in [0.2, 0.25) is 0 Å². The fourth-order valence-corrected chi connectivity index (χ4v) is 3.04. The SMILES string of the molecule is Cc1nc([C@H](C)NC(=O)Nc2cccc([S@@](C)=O)c2)cs1. The molecule has 0 spiro atoms. The summed E-state index contributed by atoms with van der Waals surface area (Å²) in [5.41, 5.74) is 1.46. The van der Waals surface area contributed by atoms with Crippen molar-refractivity contribution in [3.05, 3.63) is 40.3 Å². The molecule has 1 aromatic carbocycles. The van der Waals surface area contributed by atoms with Crippen LogP contribution in [0.25, 0.3) is 0 Å². The van der Waals surface area contributed by atoms with E-state index in [0.717, 1.165) is 10.7 Å². The van der Waals surface area contributed by atoms with Crippen molar-refractivity contribution in [3.8, 4) is 0 Å². The van der Waals surface area contributed by atoms with Crippen molar-refractivity contribution in [3.63, 3.8) is 0 Å². The second-order valence-corrected chi connectivity index (χ2v) is 7.04. The zero-order valence-corrected chi connectivity index (χ0v) is 13.7. The number of carbonyl (C=O) groups excluding carboxylic acids is 1. The number of nitrogens with zero attached hydrogens (tertiary/aromatic N) is 1. The lowest BCUT2D eigenvalue weighted by Gasteiger charge is -2.13. The Balaban J connectivity index is 1.98. The van der Waals surface area contributed by atoms with E-state index in [-0.39, 0.29) is 12.1 Å². The Bertz CT molecular complexity index is 670. The molecule has 0 saturated carbocycles. The molecule has 0 aliphatic rings. The molecular weight excluding hydrogens is 306 g/mol. The van der Waals surface area contributed by atoms with Gasteiger partial charge < -0.3 is 10.6 Å². The largest absolute Gasteiger partial charge is 0.330 e. The van der Waals surface area contributed by atoms with E-state index < -0.39 is 10.8 Å². The Morgan fingerprint density at radius 3 is 2.81 bits per heavy atom. The topological polar surface area (TPSA) is 71.1 Å². The van der Waals surface area contributed by atoms with Crippen LogP contribution in [0, 0.1) is 6.92 Å². The van der Waals surface area contributed by atoms with Crippen LogP contribution in [0.5, 0.6) is 0 Å². The summed E-state index contributed by atoms with van der Waals surface area (Å²) in [5, 5.41) is 8.46. The lowest BCUT2D eigenvalue weighted by atomic mass is 10.2. The zero-order chi connectivity index (χ0) is 15.4. The van der Waals surface area contributed by atoms with Gasteiger partial charge in [0.05, 0.1) is 16.7 Å². The minimum Gasteiger partial charge on any atom is -0.330 e. The van der Waals surface area contributed by atoms with Crippen molar-refractivity contribution in [1.29, 1.82) is 0 Å². The van der Waals surface area contributed by atoms with Gasteiger partial charge in [0.25, 0.3) is 0 Å². The molecule has 1 heterocycles. The standard InChI is InChI=1S/C14H17N3O2S2/c1-9(13-8-20-10(2)16-13)15-14(18)17-11-5-4-6-12(7-11)21(3)19/h4-9H,1-3H3,(H2,15,17,18)/t9-,21+/m0/s1. The summed E-state index contributed by atoms with van der Waals surface area (Å²) in [4.78, 5) is 17.0. The molecule has 2 N–H and O–H groups in total. The Labute approximate surface area is 130 Å². The molecule has 0 bridgehead atoms. The summed E-state index contributed by atoms with van der Waals surface area (Å²) in [5.74, 6) is 0. The van der Waals surface area contributed by atoms with Gasteiger partial charge in [0.1, 0.15) is 0 Å². The Morgan fingerprint density at radius 1 is 1.43 bits per heavy atom. The molecule has 0 aliphatic heterocycles. The van der Waals surface area contributed by atoms with Crippen LogP contribution in [0.1, 0.15) is 23.7 Å². The summed E-state index contributed by atoms with van der Waals surface area (Å²) < 4.78 is 11.4. The number of rotatable bonds is 4. The minimum atomic E-state index is -1.07. The van der Waals surface area contributed by atoms with Gasteiger partial charge in [0, 0.05) is 33.0 Å².